The van der Waals surface area contributed by atoms with E-state index in [0.717, 1.165) is 16.6 Å². The Kier molecular flexibility index (Phi) is 4.25. The molecule has 0 aliphatic rings. The molecule has 3 rings (SSSR count). The third-order valence-electron chi connectivity index (χ3n) is 3.99. The number of fused-ring (bicyclic) bond motifs is 1. The molecule has 23 heavy (non-hydrogen) atoms. The number of aromatic nitrogens is 3. The summed E-state index contributed by atoms with van der Waals surface area (Å²) < 4.78 is 15.6. The zero-order chi connectivity index (χ0) is 16.4. The fourth-order valence-corrected chi connectivity index (χ4v) is 2.53. The fraction of sp³-hybridized carbons (Fsp3) is 0.294. The molecule has 0 aliphatic carbocycles. The number of halogens is 1. The lowest BCUT2D eigenvalue weighted by Crippen LogP contribution is -2.00. The molecule has 2 N–H and O–H groups in total. The molecule has 6 heteroatoms. The van der Waals surface area contributed by atoms with Crippen molar-refractivity contribution in [3.63, 3.8) is 0 Å². The van der Waals surface area contributed by atoms with Crippen LogP contribution in [0.2, 0.25) is 0 Å². The average Bonchev–Trinajstić information content (AvgIpc) is 2.98. The first-order valence-corrected chi connectivity index (χ1v) is 7.56. The van der Waals surface area contributed by atoms with Crippen LogP contribution in [0, 0.1) is 5.82 Å². The third-order valence-corrected chi connectivity index (χ3v) is 3.99. The molecule has 1 unspecified atom stereocenters. The van der Waals surface area contributed by atoms with Gasteiger partial charge < -0.3 is 10.4 Å². The summed E-state index contributed by atoms with van der Waals surface area (Å²) in [7, 11) is 1.78. The molecule has 0 bridgehead atoms. The molecule has 0 aliphatic heterocycles. The van der Waals surface area contributed by atoms with E-state index in [4.69, 9.17) is 5.11 Å². The lowest BCUT2D eigenvalue weighted by Gasteiger charge is -2.08. The summed E-state index contributed by atoms with van der Waals surface area (Å²) in [6.07, 6.45) is 4.22. The zero-order valence-corrected chi connectivity index (χ0v) is 13.1. The predicted molar refractivity (Wildman–Crippen MR) is 88.5 cm³/mol. The monoisotopic (exact) mass is 314 g/mol. The molecule has 0 saturated heterocycles. The van der Waals surface area contributed by atoms with Gasteiger partial charge in [0.1, 0.15) is 11.5 Å². The van der Waals surface area contributed by atoms with Crippen molar-refractivity contribution >= 4 is 16.7 Å². The Balaban J connectivity index is 2.03. The van der Waals surface area contributed by atoms with Gasteiger partial charge in [-0.25, -0.2) is 14.1 Å². The van der Waals surface area contributed by atoms with Gasteiger partial charge >= 0.3 is 0 Å². The maximum absolute atomic E-state index is 14.1. The molecule has 0 fully saturated rings. The number of aliphatic hydroxyl groups is 1. The third kappa shape index (κ3) is 3.03. The minimum absolute atomic E-state index is 0.139. The molecular weight excluding hydrogens is 295 g/mol. The average molecular weight is 314 g/mol. The smallest absolute Gasteiger partial charge is 0.181 e. The highest BCUT2D eigenvalue weighted by Crippen LogP contribution is 2.24. The van der Waals surface area contributed by atoms with E-state index in [1.807, 2.05) is 13.0 Å². The first-order chi connectivity index (χ1) is 11.1. The SMILES string of the molecule is CNc1ccc(F)c(-n2cc3cc(C(C)CCO)cnc3n2)c1. The summed E-state index contributed by atoms with van der Waals surface area (Å²) in [6, 6.07) is 6.78. The van der Waals surface area contributed by atoms with E-state index in [9.17, 15) is 4.39 Å². The highest BCUT2D eigenvalue weighted by molar-refractivity contribution is 5.75. The molecule has 120 valence electrons. The van der Waals surface area contributed by atoms with Gasteiger partial charge in [0.2, 0.25) is 0 Å². The van der Waals surface area contributed by atoms with Gasteiger partial charge in [-0.05, 0) is 42.2 Å². The van der Waals surface area contributed by atoms with Gasteiger partial charge in [-0.1, -0.05) is 6.92 Å². The van der Waals surface area contributed by atoms with E-state index in [1.54, 1.807) is 31.6 Å². The van der Waals surface area contributed by atoms with Gasteiger partial charge in [0, 0.05) is 37.1 Å². The van der Waals surface area contributed by atoms with Crippen molar-refractivity contribution in [3.8, 4) is 5.69 Å². The van der Waals surface area contributed by atoms with Crippen LogP contribution in [-0.2, 0) is 0 Å². The minimum atomic E-state index is -0.342. The molecule has 2 heterocycles. The quantitative estimate of drug-likeness (QED) is 0.759. The topological polar surface area (TPSA) is 63.0 Å². The number of nitrogens with zero attached hydrogens (tertiary/aromatic N) is 3. The Morgan fingerprint density at radius 2 is 2.17 bits per heavy atom. The van der Waals surface area contributed by atoms with Crippen LogP contribution in [0.15, 0.2) is 36.7 Å². The van der Waals surface area contributed by atoms with Crippen LogP contribution in [0.3, 0.4) is 0 Å². The summed E-state index contributed by atoms with van der Waals surface area (Å²) in [5, 5.41) is 17.3. The second-order valence-electron chi connectivity index (χ2n) is 5.58. The molecule has 5 nitrogen and oxygen atoms in total. The summed E-state index contributed by atoms with van der Waals surface area (Å²) in [5.74, 6) is -0.129. The maximum Gasteiger partial charge on any atom is 0.181 e. The Hall–Kier alpha value is -2.47. The number of hydrogen-bond donors (Lipinski definition) is 2. The molecule has 0 saturated carbocycles. The summed E-state index contributed by atoms with van der Waals surface area (Å²) in [4.78, 5) is 4.35. The van der Waals surface area contributed by atoms with Crippen molar-refractivity contribution in [2.24, 2.45) is 0 Å². The van der Waals surface area contributed by atoms with E-state index in [1.165, 1.54) is 10.7 Å². The van der Waals surface area contributed by atoms with Crippen LogP contribution in [-0.4, -0.2) is 33.5 Å². The lowest BCUT2D eigenvalue weighted by atomic mass is 9.99. The van der Waals surface area contributed by atoms with Gasteiger partial charge in [-0.2, -0.15) is 0 Å². The number of nitrogens with one attached hydrogen (secondary N) is 1. The minimum Gasteiger partial charge on any atom is -0.396 e. The van der Waals surface area contributed by atoms with Crippen LogP contribution in [0.1, 0.15) is 24.8 Å². The molecular formula is C17H19FN4O. The number of benzene rings is 1. The predicted octanol–water partition coefficient (Wildman–Crippen LogP) is 3.09. The van der Waals surface area contributed by atoms with E-state index >= 15 is 0 Å². The van der Waals surface area contributed by atoms with Gasteiger partial charge in [0.25, 0.3) is 0 Å². The van der Waals surface area contributed by atoms with E-state index < -0.39 is 0 Å². The second kappa shape index (κ2) is 6.34. The second-order valence-corrected chi connectivity index (χ2v) is 5.58. The fourth-order valence-electron chi connectivity index (χ4n) is 2.53. The summed E-state index contributed by atoms with van der Waals surface area (Å²) >= 11 is 0. The van der Waals surface area contributed by atoms with Crippen molar-refractivity contribution in [1.29, 1.82) is 0 Å². The van der Waals surface area contributed by atoms with Gasteiger partial charge in [-0.15, -0.1) is 5.10 Å². The largest absolute Gasteiger partial charge is 0.396 e. The molecule has 0 spiro atoms. The number of hydrogen-bond acceptors (Lipinski definition) is 4. The van der Waals surface area contributed by atoms with Crippen molar-refractivity contribution < 1.29 is 9.50 Å². The van der Waals surface area contributed by atoms with E-state index in [-0.39, 0.29) is 18.3 Å². The zero-order valence-electron chi connectivity index (χ0n) is 13.1. The van der Waals surface area contributed by atoms with Gasteiger partial charge in [0.05, 0.1) is 0 Å². The molecule has 0 amide bonds. The van der Waals surface area contributed by atoms with Crippen molar-refractivity contribution in [3.05, 3.63) is 48.0 Å². The van der Waals surface area contributed by atoms with E-state index in [0.29, 0.717) is 17.8 Å². The highest BCUT2D eigenvalue weighted by Gasteiger charge is 2.12. The lowest BCUT2D eigenvalue weighted by molar-refractivity contribution is 0.278. The molecule has 1 aromatic carbocycles. The standard InChI is InChI=1S/C17H19FN4O/c1-11(5-6-23)12-7-13-10-22(21-17(13)20-9-12)16-8-14(19-2)3-4-15(16)18/h3-4,7-11,19,23H,5-6H2,1-2H3. The summed E-state index contributed by atoms with van der Waals surface area (Å²) in [6.45, 7) is 2.18. The Morgan fingerprint density at radius 1 is 1.35 bits per heavy atom. The van der Waals surface area contributed by atoms with Crippen molar-refractivity contribution in [1.82, 2.24) is 14.8 Å². The molecule has 3 aromatic rings. The van der Waals surface area contributed by atoms with Gasteiger partial charge in [-0.3, -0.25) is 0 Å². The van der Waals surface area contributed by atoms with Crippen LogP contribution in [0.4, 0.5) is 10.1 Å². The van der Waals surface area contributed by atoms with Crippen molar-refractivity contribution in [2.45, 2.75) is 19.3 Å². The van der Waals surface area contributed by atoms with Crippen LogP contribution in [0.5, 0.6) is 0 Å². The van der Waals surface area contributed by atoms with Crippen LogP contribution in [0.25, 0.3) is 16.7 Å². The Bertz CT molecular complexity index is 831. The normalized spacial score (nSPS) is 12.5. The Morgan fingerprint density at radius 3 is 2.91 bits per heavy atom. The number of anilines is 1. The number of rotatable bonds is 5. The van der Waals surface area contributed by atoms with E-state index in [2.05, 4.69) is 15.4 Å². The first kappa shape index (κ1) is 15.4. The number of pyridine rings is 1. The van der Waals surface area contributed by atoms with Gasteiger partial charge in [0.15, 0.2) is 5.65 Å². The summed E-state index contributed by atoms with van der Waals surface area (Å²) in [5.41, 5.74) is 2.79. The van der Waals surface area contributed by atoms with Crippen LogP contribution >= 0.6 is 0 Å². The maximum atomic E-state index is 14.1. The highest BCUT2D eigenvalue weighted by atomic mass is 19.1. The molecule has 2 aromatic heterocycles. The molecule has 0 radical (unpaired) electrons. The Labute approximate surface area is 133 Å². The van der Waals surface area contributed by atoms with Crippen LogP contribution < -0.4 is 5.32 Å². The first-order valence-electron chi connectivity index (χ1n) is 7.56. The van der Waals surface area contributed by atoms with Crippen molar-refractivity contribution in [2.75, 3.05) is 19.0 Å². The molecule has 1 atom stereocenters. The number of aliphatic hydroxyl groups excluding tert-OH is 1.